The fourth-order valence-electron chi connectivity index (χ4n) is 0.817. The number of aromatic nitrogens is 2. The van der Waals surface area contributed by atoms with E-state index in [1.165, 1.54) is 0 Å². The average molecular weight is 167 g/mol. The van der Waals surface area contributed by atoms with Crippen LogP contribution in [0.4, 0.5) is 0 Å². The smallest absolute Gasteiger partial charge is 0.268 e. The van der Waals surface area contributed by atoms with Gasteiger partial charge in [0.25, 0.3) is 5.91 Å². The maximum atomic E-state index is 10.7. The first-order valence-corrected chi connectivity index (χ1v) is 3.75. The molecule has 0 radical (unpaired) electrons. The van der Waals surface area contributed by atoms with E-state index < -0.39 is 5.91 Å². The highest BCUT2D eigenvalue weighted by atomic mass is 16.1. The first-order chi connectivity index (χ1) is 5.41. The van der Waals surface area contributed by atoms with Crippen molar-refractivity contribution < 1.29 is 4.79 Å². The summed E-state index contributed by atoms with van der Waals surface area (Å²) in [6, 6.07) is 0. The van der Waals surface area contributed by atoms with Gasteiger partial charge in [-0.2, -0.15) is 0 Å². The Morgan fingerprint density at radius 3 is 2.42 bits per heavy atom. The molecule has 0 atom stereocenters. The van der Waals surface area contributed by atoms with E-state index in [0.29, 0.717) is 5.69 Å². The SMILES string of the molecule is CC(C)(C)n1cnc(C(N)=O)c1. The van der Waals surface area contributed by atoms with E-state index in [9.17, 15) is 4.79 Å². The Morgan fingerprint density at radius 1 is 1.58 bits per heavy atom. The van der Waals surface area contributed by atoms with Crippen LogP contribution < -0.4 is 5.73 Å². The molecule has 0 spiro atoms. The summed E-state index contributed by atoms with van der Waals surface area (Å²) in [5.41, 5.74) is 5.31. The van der Waals surface area contributed by atoms with Crippen molar-refractivity contribution in [1.82, 2.24) is 9.55 Å². The molecule has 66 valence electrons. The van der Waals surface area contributed by atoms with Crippen LogP contribution in [0.3, 0.4) is 0 Å². The third-order valence-electron chi connectivity index (χ3n) is 1.61. The van der Waals surface area contributed by atoms with E-state index in [-0.39, 0.29) is 5.54 Å². The molecule has 1 heterocycles. The minimum absolute atomic E-state index is 0.0549. The summed E-state index contributed by atoms with van der Waals surface area (Å²) in [4.78, 5) is 14.6. The van der Waals surface area contributed by atoms with E-state index in [1.807, 2.05) is 25.3 Å². The minimum Gasteiger partial charge on any atom is -0.364 e. The molecule has 1 rings (SSSR count). The van der Waals surface area contributed by atoms with E-state index >= 15 is 0 Å². The van der Waals surface area contributed by atoms with Crippen LogP contribution in [-0.2, 0) is 5.54 Å². The second-order valence-electron chi connectivity index (χ2n) is 3.70. The Morgan fingerprint density at radius 2 is 2.17 bits per heavy atom. The van der Waals surface area contributed by atoms with Crippen molar-refractivity contribution in [2.75, 3.05) is 0 Å². The molecular formula is C8H13N3O. The van der Waals surface area contributed by atoms with Gasteiger partial charge in [-0.1, -0.05) is 0 Å². The Hall–Kier alpha value is -1.32. The molecule has 0 aliphatic heterocycles. The number of amides is 1. The molecule has 0 unspecified atom stereocenters. The summed E-state index contributed by atoms with van der Waals surface area (Å²) in [7, 11) is 0. The van der Waals surface area contributed by atoms with Crippen molar-refractivity contribution in [2.45, 2.75) is 26.3 Å². The topological polar surface area (TPSA) is 60.9 Å². The van der Waals surface area contributed by atoms with Crippen molar-refractivity contribution >= 4 is 5.91 Å². The van der Waals surface area contributed by atoms with Gasteiger partial charge in [-0.25, -0.2) is 4.98 Å². The molecule has 0 aliphatic carbocycles. The number of primary amides is 1. The van der Waals surface area contributed by atoms with Crippen molar-refractivity contribution in [3.8, 4) is 0 Å². The fourth-order valence-corrected chi connectivity index (χ4v) is 0.817. The van der Waals surface area contributed by atoms with E-state index in [1.54, 1.807) is 12.5 Å². The summed E-state index contributed by atoms with van der Waals surface area (Å²) >= 11 is 0. The number of hydrogen-bond acceptors (Lipinski definition) is 2. The van der Waals surface area contributed by atoms with Gasteiger partial charge in [-0.3, -0.25) is 4.79 Å². The number of rotatable bonds is 1. The van der Waals surface area contributed by atoms with E-state index in [2.05, 4.69) is 4.98 Å². The van der Waals surface area contributed by atoms with E-state index in [4.69, 9.17) is 5.73 Å². The molecule has 0 aromatic carbocycles. The molecule has 1 aromatic rings. The standard InChI is InChI=1S/C8H13N3O/c1-8(2,3)11-4-6(7(9)12)10-5-11/h4-5H,1-3H3,(H2,9,12). The van der Waals surface area contributed by atoms with Gasteiger partial charge in [0.05, 0.1) is 6.33 Å². The van der Waals surface area contributed by atoms with Gasteiger partial charge in [-0.05, 0) is 20.8 Å². The lowest BCUT2D eigenvalue weighted by Crippen LogP contribution is -2.20. The largest absolute Gasteiger partial charge is 0.364 e. The maximum absolute atomic E-state index is 10.7. The molecule has 4 heteroatoms. The molecule has 0 aliphatic rings. The summed E-state index contributed by atoms with van der Waals surface area (Å²) < 4.78 is 1.85. The zero-order valence-corrected chi connectivity index (χ0v) is 7.53. The quantitative estimate of drug-likeness (QED) is 0.670. The Kier molecular flexibility index (Phi) is 1.92. The van der Waals surface area contributed by atoms with Crippen LogP contribution in [0.1, 0.15) is 31.3 Å². The van der Waals surface area contributed by atoms with Crippen LogP contribution in [-0.4, -0.2) is 15.5 Å². The molecular weight excluding hydrogens is 154 g/mol. The highest BCUT2D eigenvalue weighted by molar-refractivity contribution is 5.90. The molecule has 0 saturated carbocycles. The first kappa shape index (κ1) is 8.77. The number of nitrogens with two attached hydrogens (primary N) is 1. The average Bonchev–Trinajstić information content (AvgIpc) is 2.30. The third-order valence-corrected chi connectivity index (χ3v) is 1.61. The zero-order valence-electron chi connectivity index (χ0n) is 7.53. The van der Waals surface area contributed by atoms with Crippen LogP contribution in [0.2, 0.25) is 0 Å². The van der Waals surface area contributed by atoms with Crippen molar-refractivity contribution in [1.29, 1.82) is 0 Å². The predicted octanol–water partition coefficient (Wildman–Crippen LogP) is 0.737. The molecule has 1 aromatic heterocycles. The highest BCUT2D eigenvalue weighted by Crippen LogP contribution is 2.13. The second kappa shape index (κ2) is 2.62. The Bertz CT molecular complexity index is 295. The molecule has 1 amide bonds. The molecule has 0 fully saturated rings. The van der Waals surface area contributed by atoms with Crippen LogP contribution in [0.25, 0.3) is 0 Å². The number of nitrogens with zero attached hydrogens (tertiary/aromatic N) is 2. The van der Waals surface area contributed by atoms with Gasteiger partial charge in [0.2, 0.25) is 0 Å². The molecule has 0 bridgehead atoms. The van der Waals surface area contributed by atoms with Gasteiger partial charge in [0.15, 0.2) is 0 Å². The van der Waals surface area contributed by atoms with Crippen LogP contribution in [0.15, 0.2) is 12.5 Å². The van der Waals surface area contributed by atoms with Gasteiger partial charge in [0.1, 0.15) is 5.69 Å². The summed E-state index contributed by atoms with van der Waals surface area (Å²) in [6.07, 6.45) is 3.27. The maximum Gasteiger partial charge on any atom is 0.268 e. The molecule has 12 heavy (non-hydrogen) atoms. The first-order valence-electron chi connectivity index (χ1n) is 3.75. The van der Waals surface area contributed by atoms with Crippen molar-refractivity contribution in [2.24, 2.45) is 5.73 Å². The third kappa shape index (κ3) is 1.64. The normalized spacial score (nSPS) is 11.6. The number of carbonyl (C=O) groups excluding carboxylic acids is 1. The lowest BCUT2D eigenvalue weighted by atomic mass is 10.1. The lowest BCUT2D eigenvalue weighted by Gasteiger charge is -2.19. The monoisotopic (exact) mass is 167 g/mol. The van der Waals surface area contributed by atoms with Crippen LogP contribution in [0.5, 0.6) is 0 Å². The molecule has 0 saturated heterocycles. The van der Waals surface area contributed by atoms with E-state index in [0.717, 1.165) is 0 Å². The number of imidazole rings is 1. The number of hydrogen-bond donors (Lipinski definition) is 1. The van der Waals surface area contributed by atoms with Crippen molar-refractivity contribution in [3.63, 3.8) is 0 Å². The Balaban J connectivity index is 3.00. The summed E-state index contributed by atoms with van der Waals surface area (Å²) in [5, 5.41) is 0. The lowest BCUT2D eigenvalue weighted by molar-refractivity contribution is 0.0996. The summed E-state index contributed by atoms with van der Waals surface area (Å²) in [5.74, 6) is -0.488. The highest BCUT2D eigenvalue weighted by Gasteiger charge is 2.14. The fraction of sp³-hybridized carbons (Fsp3) is 0.500. The Labute approximate surface area is 71.4 Å². The zero-order chi connectivity index (χ0) is 9.35. The molecule has 2 N–H and O–H groups in total. The molecule has 4 nitrogen and oxygen atoms in total. The van der Waals surface area contributed by atoms with Gasteiger partial charge >= 0.3 is 0 Å². The van der Waals surface area contributed by atoms with Gasteiger partial charge < -0.3 is 10.3 Å². The van der Waals surface area contributed by atoms with Crippen molar-refractivity contribution in [3.05, 3.63) is 18.2 Å². The summed E-state index contributed by atoms with van der Waals surface area (Å²) in [6.45, 7) is 6.08. The second-order valence-corrected chi connectivity index (χ2v) is 3.70. The predicted molar refractivity (Wildman–Crippen MR) is 45.7 cm³/mol. The minimum atomic E-state index is -0.488. The van der Waals surface area contributed by atoms with Gasteiger partial charge in [0, 0.05) is 11.7 Å². The van der Waals surface area contributed by atoms with Crippen LogP contribution >= 0.6 is 0 Å². The van der Waals surface area contributed by atoms with Crippen LogP contribution in [0, 0.1) is 0 Å². The van der Waals surface area contributed by atoms with Gasteiger partial charge in [-0.15, -0.1) is 0 Å². The number of carbonyl (C=O) groups is 1.